The molecule has 1 fully saturated rings. The minimum atomic E-state index is 0.587. The van der Waals surface area contributed by atoms with Crippen molar-refractivity contribution in [2.75, 3.05) is 18.4 Å². The normalized spacial score (nSPS) is 21.7. The van der Waals surface area contributed by atoms with Gasteiger partial charge in [0.05, 0.1) is 0 Å². The molecule has 2 N–H and O–H groups in total. The van der Waals surface area contributed by atoms with Crippen molar-refractivity contribution in [3.63, 3.8) is 0 Å². The molecule has 0 unspecified atom stereocenters. The summed E-state index contributed by atoms with van der Waals surface area (Å²) in [5.41, 5.74) is 0. The second-order valence-electron chi connectivity index (χ2n) is 3.25. The van der Waals surface area contributed by atoms with Crippen LogP contribution in [0, 0.1) is 0 Å². The van der Waals surface area contributed by atoms with Crippen LogP contribution in [0.1, 0.15) is 12.8 Å². The molecule has 1 aliphatic heterocycles. The summed E-state index contributed by atoms with van der Waals surface area (Å²) in [4.78, 5) is 8.18. The molecule has 1 aromatic rings. The number of hydrogen-bond donors (Lipinski definition) is 2. The first kappa shape index (κ1) is 8.44. The number of hydrogen-bond acceptors (Lipinski definition) is 4. The van der Waals surface area contributed by atoms with Crippen LogP contribution < -0.4 is 10.6 Å². The van der Waals surface area contributed by atoms with Crippen molar-refractivity contribution in [2.45, 2.75) is 18.9 Å². The molecule has 4 nitrogen and oxygen atoms in total. The van der Waals surface area contributed by atoms with Gasteiger partial charge in [-0.05, 0) is 25.5 Å². The van der Waals surface area contributed by atoms with Gasteiger partial charge in [-0.1, -0.05) is 0 Å². The maximum Gasteiger partial charge on any atom is 0.222 e. The minimum absolute atomic E-state index is 0.587. The summed E-state index contributed by atoms with van der Waals surface area (Å²) in [6, 6.07) is 2.41. The highest BCUT2D eigenvalue weighted by molar-refractivity contribution is 5.22. The number of nitrogens with one attached hydrogen (secondary N) is 2. The number of aromatic nitrogens is 2. The summed E-state index contributed by atoms with van der Waals surface area (Å²) in [5.74, 6) is 0.719. The topological polar surface area (TPSA) is 49.8 Å². The van der Waals surface area contributed by atoms with Crippen molar-refractivity contribution in [2.24, 2.45) is 0 Å². The Morgan fingerprint density at radius 3 is 3.00 bits per heavy atom. The molecule has 13 heavy (non-hydrogen) atoms. The predicted octanol–water partition coefficient (Wildman–Crippen LogP) is 0.640. The van der Waals surface area contributed by atoms with Crippen LogP contribution in [-0.2, 0) is 0 Å². The molecule has 0 radical (unpaired) electrons. The fourth-order valence-electron chi connectivity index (χ4n) is 1.54. The number of nitrogens with zero attached hydrogens (tertiary/aromatic N) is 2. The summed E-state index contributed by atoms with van der Waals surface area (Å²) in [6.45, 7) is 2.06. The first-order valence-corrected chi connectivity index (χ1v) is 4.69. The van der Waals surface area contributed by atoms with E-state index in [-0.39, 0.29) is 0 Å². The van der Waals surface area contributed by atoms with Gasteiger partial charge in [0, 0.05) is 25.0 Å². The van der Waals surface area contributed by atoms with E-state index < -0.39 is 0 Å². The molecule has 1 atom stereocenters. The lowest BCUT2D eigenvalue weighted by atomic mass is 10.2. The van der Waals surface area contributed by atoms with Crippen LogP contribution in [0.5, 0.6) is 0 Å². The van der Waals surface area contributed by atoms with E-state index in [9.17, 15) is 0 Å². The van der Waals surface area contributed by atoms with Crippen LogP contribution in [0.2, 0.25) is 0 Å². The zero-order valence-electron chi connectivity index (χ0n) is 7.53. The van der Waals surface area contributed by atoms with Crippen molar-refractivity contribution in [3.8, 4) is 0 Å². The lowest BCUT2D eigenvalue weighted by Gasteiger charge is -2.10. The van der Waals surface area contributed by atoms with Gasteiger partial charge in [-0.2, -0.15) is 0 Å². The largest absolute Gasteiger partial charge is 0.353 e. The van der Waals surface area contributed by atoms with Gasteiger partial charge >= 0.3 is 0 Å². The average molecular weight is 178 g/mol. The summed E-state index contributed by atoms with van der Waals surface area (Å²) in [5, 5.41) is 6.61. The Bertz CT molecular complexity index is 243. The molecule has 0 amide bonds. The highest BCUT2D eigenvalue weighted by Gasteiger charge is 2.13. The zero-order chi connectivity index (χ0) is 8.93. The quantitative estimate of drug-likeness (QED) is 0.713. The molecule has 2 heterocycles. The molecule has 2 rings (SSSR count). The molecule has 1 aliphatic rings. The molecule has 0 saturated carbocycles. The fourth-order valence-corrected chi connectivity index (χ4v) is 1.54. The summed E-state index contributed by atoms with van der Waals surface area (Å²) in [6.07, 6.45) is 6.02. The van der Waals surface area contributed by atoms with Crippen molar-refractivity contribution < 1.29 is 0 Å². The van der Waals surface area contributed by atoms with Crippen LogP contribution in [0.4, 0.5) is 5.95 Å². The van der Waals surface area contributed by atoms with Crippen LogP contribution in [0.25, 0.3) is 0 Å². The minimum Gasteiger partial charge on any atom is -0.353 e. The Morgan fingerprint density at radius 1 is 1.46 bits per heavy atom. The molecule has 0 aliphatic carbocycles. The summed E-state index contributed by atoms with van der Waals surface area (Å²) in [7, 11) is 0. The Labute approximate surface area is 77.8 Å². The second kappa shape index (κ2) is 4.18. The lowest BCUT2D eigenvalue weighted by molar-refractivity contribution is 0.631. The van der Waals surface area contributed by atoms with Gasteiger partial charge in [-0.25, -0.2) is 9.97 Å². The fraction of sp³-hybridized carbons (Fsp3) is 0.556. The number of rotatable bonds is 3. The highest BCUT2D eigenvalue weighted by Crippen LogP contribution is 2.05. The van der Waals surface area contributed by atoms with Crippen LogP contribution in [-0.4, -0.2) is 29.1 Å². The zero-order valence-corrected chi connectivity index (χ0v) is 7.53. The average Bonchev–Trinajstić information content (AvgIpc) is 2.69. The molecule has 1 saturated heterocycles. The van der Waals surface area contributed by atoms with E-state index in [1.54, 1.807) is 12.4 Å². The third-order valence-corrected chi connectivity index (χ3v) is 2.23. The van der Waals surface area contributed by atoms with Crippen molar-refractivity contribution in [3.05, 3.63) is 18.5 Å². The van der Waals surface area contributed by atoms with Gasteiger partial charge in [0.25, 0.3) is 0 Å². The first-order chi connectivity index (χ1) is 6.45. The maximum atomic E-state index is 4.09. The molecule has 70 valence electrons. The summed E-state index contributed by atoms with van der Waals surface area (Å²) >= 11 is 0. The van der Waals surface area contributed by atoms with Gasteiger partial charge < -0.3 is 10.6 Å². The second-order valence-corrected chi connectivity index (χ2v) is 3.25. The molecular weight excluding hydrogens is 164 g/mol. The predicted molar refractivity (Wildman–Crippen MR) is 51.5 cm³/mol. The van der Waals surface area contributed by atoms with Gasteiger partial charge in [0.2, 0.25) is 5.95 Å². The molecule has 0 aromatic carbocycles. The van der Waals surface area contributed by atoms with Crippen LogP contribution in [0.15, 0.2) is 18.5 Å². The Kier molecular flexibility index (Phi) is 2.72. The van der Waals surface area contributed by atoms with E-state index in [0.29, 0.717) is 6.04 Å². The van der Waals surface area contributed by atoms with E-state index in [1.165, 1.54) is 12.8 Å². The lowest BCUT2D eigenvalue weighted by Crippen LogP contribution is -2.29. The van der Waals surface area contributed by atoms with Crippen molar-refractivity contribution >= 4 is 5.95 Å². The van der Waals surface area contributed by atoms with E-state index in [1.807, 2.05) is 6.07 Å². The monoisotopic (exact) mass is 178 g/mol. The van der Waals surface area contributed by atoms with Crippen LogP contribution in [0.3, 0.4) is 0 Å². The molecular formula is C9H14N4. The Hall–Kier alpha value is -1.16. The van der Waals surface area contributed by atoms with Crippen molar-refractivity contribution in [1.29, 1.82) is 0 Å². The van der Waals surface area contributed by atoms with Crippen molar-refractivity contribution in [1.82, 2.24) is 15.3 Å². The smallest absolute Gasteiger partial charge is 0.222 e. The molecule has 0 spiro atoms. The Morgan fingerprint density at radius 2 is 2.31 bits per heavy atom. The third-order valence-electron chi connectivity index (χ3n) is 2.23. The number of anilines is 1. The van der Waals surface area contributed by atoms with E-state index in [4.69, 9.17) is 0 Å². The molecule has 4 heteroatoms. The molecule has 1 aromatic heterocycles. The van der Waals surface area contributed by atoms with E-state index in [0.717, 1.165) is 19.0 Å². The van der Waals surface area contributed by atoms with Gasteiger partial charge in [-0.3, -0.25) is 0 Å². The SMILES string of the molecule is c1cnc(NC[C@H]2CCCN2)nc1. The van der Waals surface area contributed by atoms with Gasteiger partial charge in [-0.15, -0.1) is 0 Å². The van der Waals surface area contributed by atoms with Gasteiger partial charge in [0.15, 0.2) is 0 Å². The van der Waals surface area contributed by atoms with Crippen LogP contribution >= 0.6 is 0 Å². The first-order valence-electron chi connectivity index (χ1n) is 4.69. The van der Waals surface area contributed by atoms with Gasteiger partial charge in [0.1, 0.15) is 0 Å². The third kappa shape index (κ3) is 2.39. The summed E-state index contributed by atoms with van der Waals surface area (Å²) < 4.78 is 0. The molecule has 0 bridgehead atoms. The Balaban J connectivity index is 1.79. The van der Waals surface area contributed by atoms with E-state index in [2.05, 4.69) is 20.6 Å². The van der Waals surface area contributed by atoms with E-state index >= 15 is 0 Å². The highest BCUT2D eigenvalue weighted by atomic mass is 15.1. The maximum absolute atomic E-state index is 4.09. The standard InChI is InChI=1S/C9H14N4/c1-3-8(10-4-1)7-13-9-11-5-2-6-12-9/h2,5-6,8,10H,1,3-4,7H2,(H,11,12,13)/t8-/m1/s1.